The Morgan fingerprint density at radius 1 is 0.750 bits per heavy atom. The summed E-state index contributed by atoms with van der Waals surface area (Å²) in [6, 6.07) is 0. The van der Waals surface area contributed by atoms with Crippen molar-refractivity contribution in [2.75, 3.05) is 0 Å². The van der Waals surface area contributed by atoms with E-state index in [0.717, 1.165) is 0 Å². The van der Waals surface area contributed by atoms with E-state index in [0.29, 0.717) is 0 Å². The fourth-order valence-corrected chi connectivity index (χ4v) is 0. The molecule has 0 rings (SSSR count). The molecular weight excluding hydrogens is 185 g/mol. The van der Waals surface area contributed by atoms with Crippen molar-refractivity contribution >= 4 is 54.4 Å². The van der Waals surface area contributed by atoms with E-state index in [1.807, 2.05) is 0 Å². The Kier molecular flexibility index (Phi) is 143. The van der Waals surface area contributed by atoms with Crippen molar-refractivity contribution in [3.05, 3.63) is 0 Å². The molecule has 0 amide bonds. The number of halogens is 2. The van der Waals surface area contributed by atoms with Crippen molar-refractivity contribution in [3.8, 4) is 0 Å². The molecule has 0 unspecified atom stereocenters. The Morgan fingerprint density at radius 3 is 0.750 bits per heavy atom. The normalized spacial score (nSPS) is 0. The second-order valence-electron chi connectivity index (χ2n) is 0. The van der Waals surface area contributed by atoms with Gasteiger partial charge in [-0.15, -0.1) is 24.8 Å². The molecule has 4 heavy (non-hydrogen) atoms. The number of rotatable bonds is 0. The van der Waals surface area contributed by atoms with Crippen LogP contribution in [0.2, 0.25) is 0 Å². The van der Waals surface area contributed by atoms with Crippen LogP contribution in [0.3, 0.4) is 0 Å². The molecule has 0 saturated carbocycles. The van der Waals surface area contributed by atoms with E-state index in [2.05, 4.69) is 0 Å². The molecule has 0 saturated heterocycles. The molecule has 0 aliphatic rings. The van der Waals surface area contributed by atoms with Crippen molar-refractivity contribution < 1.29 is 26.2 Å². The number of hydrogen-bond donors (Lipinski definition) is 0. The first-order chi connectivity index (χ1) is 0. The van der Waals surface area contributed by atoms with Crippen LogP contribution < -0.4 is 0 Å². The molecule has 4 heteroatoms. The summed E-state index contributed by atoms with van der Waals surface area (Å²) in [5.74, 6) is 0. The second-order valence-corrected chi connectivity index (χ2v) is 0. The molecule has 0 nitrogen and oxygen atoms in total. The summed E-state index contributed by atoms with van der Waals surface area (Å²) in [6.07, 6.45) is 0. The maximum atomic E-state index is 0. The van der Waals surface area contributed by atoms with Gasteiger partial charge in [0.2, 0.25) is 0 Å². The SMILES string of the molecule is Cl.Cl.[NaH].[Zr]. The minimum Gasteiger partial charge on any atom is 0 e. The van der Waals surface area contributed by atoms with E-state index in [-0.39, 0.29) is 80.6 Å². The van der Waals surface area contributed by atoms with Crippen LogP contribution in [-0.2, 0) is 26.2 Å². The molecule has 0 N–H and O–H groups in total. The molecular formula is H3Cl2NaZr. The van der Waals surface area contributed by atoms with Crippen molar-refractivity contribution in [3.63, 3.8) is 0 Å². The summed E-state index contributed by atoms with van der Waals surface area (Å²) >= 11 is 0. The Morgan fingerprint density at radius 2 is 0.750 bits per heavy atom. The van der Waals surface area contributed by atoms with Gasteiger partial charge in [-0.3, -0.25) is 0 Å². The fourth-order valence-electron chi connectivity index (χ4n) is 0. The van der Waals surface area contributed by atoms with Crippen LogP contribution in [-0.4, -0.2) is 29.6 Å². The molecule has 0 aromatic carbocycles. The largest absolute Gasteiger partial charge is 0 e. The van der Waals surface area contributed by atoms with Crippen LogP contribution in [0, 0.1) is 0 Å². The van der Waals surface area contributed by atoms with Gasteiger partial charge in [0.1, 0.15) is 0 Å². The molecule has 0 aromatic rings. The van der Waals surface area contributed by atoms with Crippen LogP contribution in [0.4, 0.5) is 0 Å². The van der Waals surface area contributed by atoms with Gasteiger partial charge in [0.05, 0.1) is 0 Å². The average molecular weight is 188 g/mol. The molecule has 0 atom stereocenters. The quantitative estimate of drug-likeness (QED) is 0.476. The first kappa shape index (κ1) is 31.8. The van der Waals surface area contributed by atoms with Crippen molar-refractivity contribution in [2.45, 2.75) is 0 Å². The monoisotopic (exact) mass is 186 g/mol. The average Bonchev–Trinajstić information content (AvgIpc) is 0. The second kappa shape index (κ2) is 17.9. The van der Waals surface area contributed by atoms with E-state index in [1.165, 1.54) is 0 Å². The minimum atomic E-state index is 0. The third kappa shape index (κ3) is 8.82. The zero-order valence-corrected chi connectivity index (χ0v) is 5.41. The number of hydrogen-bond acceptors (Lipinski definition) is 0. The fraction of sp³-hybridized carbons (Fsp3) is 0. The molecule has 0 aliphatic carbocycles. The van der Waals surface area contributed by atoms with Crippen LogP contribution in [0.1, 0.15) is 0 Å². The van der Waals surface area contributed by atoms with Crippen molar-refractivity contribution in [1.29, 1.82) is 0 Å². The van der Waals surface area contributed by atoms with Crippen molar-refractivity contribution in [1.82, 2.24) is 0 Å². The smallest absolute Gasteiger partial charge is 0 e. The van der Waals surface area contributed by atoms with Gasteiger partial charge in [0.15, 0.2) is 0 Å². The summed E-state index contributed by atoms with van der Waals surface area (Å²) in [6.45, 7) is 0. The van der Waals surface area contributed by atoms with Gasteiger partial charge in [0, 0.05) is 26.2 Å². The zero-order valence-electron chi connectivity index (χ0n) is 1.32. The van der Waals surface area contributed by atoms with Gasteiger partial charge in [0.25, 0.3) is 0 Å². The van der Waals surface area contributed by atoms with Gasteiger partial charge in [-0.1, -0.05) is 0 Å². The predicted octanol–water partition coefficient (Wildman–Crippen LogP) is 0.193. The van der Waals surface area contributed by atoms with E-state index in [9.17, 15) is 0 Å². The Labute approximate surface area is 79.3 Å². The maximum absolute atomic E-state index is 0. The summed E-state index contributed by atoms with van der Waals surface area (Å²) in [5.41, 5.74) is 0. The maximum Gasteiger partial charge on any atom is 0 e. The zero-order chi connectivity index (χ0) is 0. The molecule has 0 radical (unpaired) electrons. The molecule has 0 aliphatic heterocycles. The van der Waals surface area contributed by atoms with Crippen LogP contribution in [0.25, 0.3) is 0 Å². The van der Waals surface area contributed by atoms with E-state index < -0.39 is 0 Å². The summed E-state index contributed by atoms with van der Waals surface area (Å²) in [4.78, 5) is 0. The summed E-state index contributed by atoms with van der Waals surface area (Å²) in [5, 5.41) is 0. The third-order valence-electron chi connectivity index (χ3n) is 0. The molecule has 0 spiro atoms. The molecule has 0 aromatic heterocycles. The van der Waals surface area contributed by atoms with Gasteiger partial charge >= 0.3 is 29.6 Å². The molecule has 0 bridgehead atoms. The molecule has 0 fully saturated rings. The van der Waals surface area contributed by atoms with E-state index in [4.69, 9.17) is 0 Å². The van der Waals surface area contributed by atoms with Gasteiger partial charge in [-0.05, 0) is 0 Å². The standard InChI is InChI=1S/2ClH.Na.Zr.H/h2*1H;;;. The summed E-state index contributed by atoms with van der Waals surface area (Å²) < 4.78 is 0. The molecule has 22 valence electrons. The topological polar surface area (TPSA) is 0 Å². The Bertz CT molecular complexity index is 6.00. The minimum absolute atomic E-state index is 0. The van der Waals surface area contributed by atoms with E-state index in [1.54, 1.807) is 0 Å². The van der Waals surface area contributed by atoms with Gasteiger partial charge in [-0.25, -0.2) is 0 Å². The van der Waals surface area contributed by atoms with Crippen LogP contribution in [0.5, 0.6) is 0 Å². The van der Waals surface area contributed by atoms with Gasteiger partial charge in [-0.2, -0.15) is 0 Å². The third-order valence-corrected chi connectivity index (χ3v) is 0. The van der Waals surface area contributed by atoms with Crippen LogP contribution >= 0.6 is 24.8 Å². The van der Waals surface area contributed by atoms with Crippen molar-refractivity contribution in [2.24, 2.45) is 0 Å². The first-order valence-corrected chi connectivity index (χ1v) is 0. The first-order valence-electron chi connectivity index (χ1n) is 0. The Hall–Kier alpha value is 2.46. The predicted molar refractivity (Wildman–Crippen MR) is 21.6 cm³/mol. The van der Waals surface area contributed by atoms with E-state index >= 15 is 0 Å². The van der Waals surface area contributed by atoms with Gasteiger partial charge < -0.3 is 0 Å². The molecule has 0 heterocycles. The van der Waals surface area contributed by atoms with Crippen LogP contribution in [0.15, 0.2) is 0 Å². The Balaban J connectivity index is 0. The summed E-state index contributed by atoms with van der Waals surface area (Å²) in [7, 11) is 0.